The molecule has 0 spiro atoms. The van der Waals surface area contributed by atoms with Crippen molar-refractivity contribution in [1.29, 1.82) is 0 Å². The molecule has 2 N–H and O–H groups in total. The van der Waals surface area contributed by atoms with E-state index in [1.54, 1.807) is 0 Å². The van der Waals surface area contributed by atoms with Crippen molar-refractivity contribution in [3.05, 3.63) is 23.8 Å². The molecule has 0 amide bonds. The Kier molecular flexibility index (Phi) is 5.20. The molecule has 0 aliphatic heterocycles. The molecule has 4 heteroatoms. The van der Waals surface area contributed by atoms with Gasteiger partial charge in [-0.2, -0.15) is 0 Å². The van der Waals surface area contributed by atoms with E-state index in [-0.39, 0.29) is 0 Å². The fourth-order valence-electron chi connectivity index (χ4n) is 3.06. The summed E-state index contributed by atoms with van der Waals surface area (Å²) in [6.07, 6.45) is 8.35. The molecule has 1 aliphatic rings. The van der Waals surface area contributed by atoms with Gasteiger partial charge in [0.25, 0.3) is 0 Å². The number of rotatable bonds is 5. The van der Waals surface area contributed by atoms with Crippen molar-refractivity contribution < 1.29 is 0 Å². The third-order valence-electron chi connectivity index (χ3n) is 4.24. The third-order valence-corrected chi connectivity index (χ3v) is 5.12. The van der Waals surface area contributed by atoms with Gasteiger partial charge in [0.05, 0.1) is 11.0 Å². The second-order valence-corrected chi connectivity index (χ2v) is 7.14. The number of H-pyrrole nitrogens is 1. The first kappa shape index (κ1) is 14.9. The van der Waals surface area contributed by atoms with Crippen molar-refractivity contribution in [3.8, 4) is 0 Å². The second kappa shape index (κ2) is 7.32. The number of aryl methyl sites for hydroxylation is 1. The van der Waals surface area contributed by atoms with Gasteiger partial charge < -0.3 is 10.3 Å². The molecular formula is C17H25N3S. The Bertz CT molecular complexity index is 570. The summed E-state index contributed by atoms with van der Waals surface area (Å²) in [6, 6.07) is 7.11. The number of aromatic amines is 1. The topological polar surface area (TPSA) is 40.7 Å². The molecule has 0 atom stereocenters. The fourth-order valence-corrected chi connectivity index (χ4v) is 3.82. The first-order chi connectivity index (χ1) is 10.3. The number of aromatic nitrogens is 2. The van der Waals surface area contributed by atoms with Crippen LogP contribution in [0.25, 0.3) is 11.0 Å². The summed E-state index contributed by atoms with van der Waals surface area (Å²) in [4.78, 5) is 8.04. The first-order valence-corrected chi connectivity index (χ1v) is 9.12. The van der Waals surface area contributed by atoms with E-state index >= 15 is 0 Å². The minimum absolute atomic E-state index is 0.742. The molecule has 3 nitrogen and oxygen atoms in total. The number of hydrogen-bond donors (Lipinski definition) is 2. The third kappa shape index (κ3) is 4.24. The Hall–Kier alpha value is -1.00. The van der Waals surface area contributed by atoms with E-state index < -0.39 is 0 Å². The van der Waals surface area contributed by atoms with E-state index in [2.05, 4.69) is 40.4 Å². The minimum atomic E-state index is 0.742. The van der Waals surface area contributed by atoms with Crippen LogP contribution in [0.3, 0.4) is 0 Å². The van der Waals surface area contributed by atoms with Gasteiger partial charge in [-0.25, -0.2) is 4.98 Å². The van der Waals surface area contributed by atoms with Gasteiger partial charge in [-0.1, -0.05) is 43.5 Å². The monoisotopic (exact) mass is 303 g/mol. The maximum atomic E-state index is 4.63. The number of nitrogens with zero attached hydrogens (tertiary/aromatic N) is 1. The first-order valence-electron chi connectivity index (χ1n) is 8.14. The lowest BCUT2D eigenvalue weighted by atomic mass is 10.1. The van der Waals surface area contributed by atoms with Gasteiger partial charge in [-0.05, 0) is 37.5 Å². The number of hydrogen-bond acceptors (Lipinski definition) is 3. The lowest BCUT2D eigenvalue weighted by Crippen LogP contribution is -2.30. The van der Waals surface area contributed by atoms with Crippen LogP contribution in [0, 0.1) is 6.92 Å². The van der Waals surface area contributed by atoms with Crippen LogP contribution in [-0.2, 0) is 0 Å². The van der Waals surface area contributed by atoms with E-state index in [0.29, 0.717) is 0 Å². The van der Waals surface area contributed by atoms with E-state index in [1.165, 1.54) is 44.1 Å². The summed E-state index contributed by atoms with van der Waals surface area (Å²) in [5, 5.41) is 4.75. The van der Waals surface area contributed by atoms with Gasteiger partial charge in [0.2, 0.25) is 0 Å². The Morgan fingerprint density at radius 2 is 2.05 bits per heavy atom. The van der Waals surface area contributed by atoms with E-state index in [9.17, 15) is 0 Å². The maximum Gasteiger partial charge on any atom is 0.166 e. The van der Waals surface area contributed by atoms with Crippen molar-refractivity contribution >= 4 is 22.8 Å². The molecule has 2 aromatic rings. The van der Waals surface area contributed by atoms with Gasteiger partial charge >= 0.3 is 0 Å². The zero-order valence-electron chi connectivity index (χ0n) is 12.8. The van der Waals surface area contributed by atoms with Crippen LogP contribution in [-0.4, -0.2) is 28.3 Å². The zero-order valence-corrected chi connectivity index (χ0v) is 13.6. The normalized spacial score (nSPS) is 17.2. The van der Waals surface area contributed by atoms with Crippen LogP contribution in [0.4, 0.5) is 0 Å². The summed E-state index contributed by atoms with van der Waals surface area (Å²) in [5.74, 6) is 1.08. The van der Waals surface area contributed by atoms with Crippen molar-refractivity contribution in [2.75, 3.05) is 12.3 Å². The van der Waals surface area contributed by atoms with Gasteiger partial charge in [0.1, 0.15) is 0 Å². The molecule has 3 rings (SSSR count). The molecule has 114 valence electrons. The maximum absolute atomic E-state index is 4.63. The van der Waals surface area contributed by atoms with Crippen LogP contribution >= 0.6 is 11.8 Å². The molecule has 0 saturated heterocycles. The average molecular weight is 303 g/mol. The highest BCUT2D eigenvalue weighted by Crippen LogP contribution is 2.20. The molecule has 1 aromatic heterocycles. The standard InChI is InChI=1S/C17H25N3S/c1-13-8-9-15-16(12-13)20-17(19-15)21-11-10-18-14-6-4-2-3-5-7-14/h8-9,12,14,18H,2-7,10-11H2,1H3,(H,19,20). The number of benzene rings is 1. The highest BCUT2D eigenvalue weighted by Gasteiger charge is 2.11. The van der Waals surface area contributed by atoms with Crippen LogP contribution in [0.2, 0.25) is 0 Å². The highest BCUT2D eigenvalue weighted by atomic mass is 32.2. The summed E-state index contributed by atoms with van der Waals surface area (Å²) >= 11 is 1.82. The predicted molar refractivity (Wildman–Crippen MR) is 91.0 cm³/mol. The lowest BCUT2D eigenvalue weighted by molar-refractivity contribution is 0.474. The molecule has 1 aromatic carbocycles. The summed E-state index contributed by atoms with van der Waals surface area (Å²) in [7, 11) is 0. The quantitative estimate of drug-likeness (QED) is 0.492. The molecule has 1 aliphatic carbocycles. The molecule has 0 unspecified atom stereocenters. The molecule has 21 heavy (non-hydrogen) atoms. The van der Waals surface area contributed by atoms with Gasteiger partial charge in [0, 0.05) is 18.3 Å². The molecule has 0 radical (unpaired) electrons. The SMILES string of the molecule is Cc1ccc2nc(SCCNC3CCCCCC3)[nH]c2c1. The molecule has 1 heterocycles. The Morgan fingerprint density at radius 3 is 2.86 bits per heavy atom. The number of thioether (sulfide) groups is 1. The largest absolute Gasteiger partial charge is 0.333 e. The van der Waals surface area contributed by atoms with Crippen molar-refractivity contribution in [3.63, 3.8) is 0 Å². The number of fused-ring (bicyclic) bond motifs is 1. The Morgan fingerprint density at radius 1 is 1.24 bits per heavy atom. The number of imidazole rings is 1. The number of nitrogens with one attached hydrogen (secondary N) is 2. The van der Waals surface area contributed by atoms with Crippen molar-refractivity contribution in [2.45, 2.75) is 56.6 Å². The molecule has 0 bridgehead atoms. The molecule has 1 saturated carbocycles. The minimum Gasteiger partial charge on any atom is -0.333 e. The van der Waals surface area contributed by atoms with Gasteiger partial charge in [0.15, 0.2) is 5.16 Å². The van der Waals surface area contributed by atoms with Gasteiger partial charge in [-0.15, -0.1) is 0 Å². The van der Waals surface area contributed by atoms with Gasteiger partial charge in [-0.3, -0.25) is 0 Å². The molecular weight excluding hydrogens is 278 g/mol. The van der Waals surface area contributed by atoms with Crippen molar-refractivity contribution in [1.82, 2.24) is 15.3 Å². The molecule has 1 fully saturated rings. The summed E-state index contributed by atoms with van der Waals surface area (Å²) in [6.45, 7) is 3.19. The highest BCUT2D eigenvalue weighted by molar-refractivity contribution is 7.99. The van der Waals surface area contributed by atoms with Crippen LogP contribution in [0.5, 0.6) is 0 Å². The second-order valence-electron chi connectivity index (χ2n) is 6.05. The van der Waals surface area contributed by atoms with E-state index in [1.807, 2.05) is 11.8 Å². The Balaban J connectivity index is 1.45. The smallest absolute Gasteiger partial charge is 0.166 e. The summed E-state index contributed by atoms with van der Waals surface area (Å²) in [5.41, 5.74) is 3.49. The lowest BCUT2D eigenvalue weighted by Gasteiger charge is -2.15. The van der Waals surface area contributed by atoms with E-state index in [4.69, 9.17) is 0 Å². The van der Waals surface area contributed by atoms with Crippen LogP contribution in [0.1, 0.15) is 44.1 Å². The fraction of sp³-hybridized carbons (Fsp3) is 0.588. The van der Waals surface area contributed by atoms with Crippen molar-refractivity contribution in [2.24, 2.45) is 0 Å². The Labute approximate surface area is 131 Å². The van der Waals surface area contributed by atoms with Crippen LogP contribution < -0.4 is 5.32 Å². The average Bonchev–Trinajstić information content (AvgIpc) is 2.69. The summed E-state index contributed by atoms with van der Waals surface area (Å²) < 4.78 is 0. The predicted octanol–water partition coefficient (Wildman–Crippen LogP) is 4.28. The van der Waals surface area contributed by atoms with Crippen LogP contribution in [0.15, 0.2) is 23.4 Å². The zero-order chi connectivity index (χ0) is 14.5. The van der Waals surface area contributed by atoms with E-state index in [0.717, 1.165) is 34.5 Å².